The lowest BCUT2D eigenvalue weighted by molar-refractivity contribution is 0.0834. The first-order valence-corrected chi connectivity index (χ1v) is 5.58. The van der Waals surface area contributed by atoms with Crippen LogP contribution in [0.15, 0.2) is 36.9 Å². The number of carbonyl (C=O) groups excluding carboxylic acids is 1. The second kappa shape index (κ2) is 3.89. The Labute approximate surface area is 103 Å². The molecule has 0 aliphatic carbocycles. The lowest BCUT2D eigenvalue weighted by atomic mass is 10.1. The number of rotatable bonds is 2. The van der Waals surface area contributed by atoms with Crippen LogP contribution in [0.2, 0.25) is 5.02 Å². The van der Waals surface area contributed by atoms with E-state index < -0.39 is 6.10 Å². The van der Waals surface area contributed by atoms with Gasteiger partial charge in [0.2, 0.25) is 5.78 Å². The first kappa shape index (κ1) is 10.4. The molecule has 0 bridgehead atoms. The van der Waals surface area contributed by atoms with Crippen LogP contribution in [0, 0.1) is 0 Å². The van der Waals surface area contributed by atoms with Crippen LogP contribution < -0.4 is 4.74 Å². The third-order valence-corrected chi connectivity index (χ3v) is 2.94. The third kappa shape index (κ3) is 1.80. The van der Waals surface area contributed by atoms with Crippen molar-refractivity contribution in [2.75, 3.05) is 0 Å². The summed E-state index contributed by atoms with van der Waals surface area (Å²) in [5, 5.41) is 0.545. The fraction of sp³-hybridized carbons (Fsp3) is 0.167. The Hall–Kier alpha value is -1.81. The van der Waals surface area contributed by atoms with Crippen LogP contribution in [-0.4, -0.2) is 21.4 Å². The maximum Gasteiger partial charge on any atom is 0.208 e. The number of imidazole rings is 1. The zero-order valence-electron chi connectivity index (χ0n) is 8.84. The zero-order chi connectivity index (χ0) is 11.8. The summed E-state index contributed by atoms with van der Waals surface area (Å²) in [4.78, 5) is 16.0. The molecular formula is C12H9ClN2O2. The fourth-order valence-electron chi connectivity index (χ4n) is 1.88. The summed E-state index contributed by atoms with van der Waals surface area (Å²) in [6.45, 7) is 0.463. The first-order valence-electron chi connectivity index (χ1n) is 5.20. The van der Waals surface area contributed by atoms with E-state index in [-0.39, 0.29) is 5.78 Å². The largest absolute Gasteiger partial charge is 0.480 e. The maximum absolute atomic E-state index is 12.1. The number of halogens is 1. The monoisotopic (exact) mass is 248 g/mol. The molecule has 1 aliphatic rings. The summed E-state index contributed by atoms with van der Waals surface area (Å²) in [6.07, 6.45) is 4.64. The number of fused-ring (bicyclic) bond motifs is 1. The van der Waals surface area contributed by atoms with Gasteiger partial charge in [-0.3, -0.25) is 4.79 Å². The molecule has 1 aliphatic heterocycles. The van der Waals surface area contributed by atoms with Crippen LogP contribution in [0.25, 0.3) is 0 Å². The van der Waals surface area contributed by atoms with Gasteiger partial charge in [0.1, 0.15) is 5.75 Å². The molecule has 1 atom stereocenters. The minimum atomic E-state index is -0.488. The predicted molar refractivity (Wildman–Crippen MR) is 62.4 cm³/mol. The lowest BCUT2D eigenvalue weighted by Crippen LogP contribution is -2.25. The SMILES string of the molecule is O=C1c2cc(Cl)ccc2OC1Cn1ccnc1. The second-order valence-corrected chi connectivity index (χ2v) is 4.31. The molecule has 2 heterocycles. The van der Waals surface area contributed by atoms with Gasteiger partial charge in [-0.05, 0) is 18.2 Å². The summed E-state index contributed by atoms with van der Waals surface area (Å²) < 4.78 is 7.41. The highest BCUT2D eigenvalue weighted by atomic mass is 35.5. The molecule has 2 aromatic rings. The molecule has 5 heteroatoms. The molecule has 1 aromatic carbocycles. The smallest absolute Gasteiger partial charge is 0.208 e. The molecule has 0 spiro atoms. The topological polar surface area (TPSA) is 44.1 Å². The number of carbonyl (C=O) groups is 1. The van der Waals surface area contributed by atoms with Gasteiger partial charge in [-0.15, -0.1) is 0 Å². The first-order chi connectivity index (χ1) is 8.24. The van der Waals surface area contributed by atoms with E-state index in [1.165, 1.54) is 0 Å². The summed E-state index contributed by atoms with van der Waals surface area (Å²) in [6, 6.07) is 5.09. The van der Waals surface area contributed by atoms with Crippen LogP contribution in [0.4, 0.5) is 0 Å². The van der Waals surface area contributed by atoms with Crippen molar-refractivity contribution in [2.45, 2.75) is 12.6 Å². The Balaban J connectivity index is 1.86. The van der Waals surface area contributed by atoms with Gasteiger partial charge in [0.15, 0.2) is 6.10 Å². The summed E-state index contributed by atoms with van der Waals surface area (Å²) >= 11 is 5.86. The summed E-state index contributed by atoms with van der Waals surface area (Å²) in [5.41, 5.74) is 0.558. The van der Waals surface area contributed by atoms with Crippen LogP contribution >= 0.6 is 11.6 Å². The van der Waals surface area contributed by atoms with Crippen LogP contribution in [0.3, 0.4) is 0 Å². The van der Waals surface area contributed by atoms with Gasteiger partial charge in [-0.2, -0.15) is 0 Å². The standard InChI is InChI=1S/C12H9ClN2O2/c13-8-1-2-10-9(5-8)12(16)11(17-10)6-15-4-3-14-7-15/h1-5,7,11H,6H2. The number of aromatic nitrogens is 2. The Bertz CT molecular complexity index is 566. The van der Waals surface area contributed by atoms with Gasteiger partial charge in [-0.25, -0.2) is 4.98 Å². The molecular weight excluding hydrogens is 240 g/mol. The molecule has 0 saturated heterocycles. The van der Waals surface area contributed by atoms with E-state index in [9.17, 15) is 4.79 Å². The van der Waals surface area contributed by atoms with Crippen molar-refractivity contribution in [3.05, 3.63) is 47.5 Å². The summed E-state index contributed by atoms with van der Waals surface area (Å²) in [7, 11) is 0. The quantitative estimate of drug-likeness (QED) is 0.818. The Morgan fingerprint density at radius 1 is 1.47 bits per heavy atom. The van der Waals surface area contributed by atoms with Crippen molar-refractivity contribution in [3.63, 3.8) is 0 Å². The average Bonchev–Trinajstić information content (AvgIpc) is 2.91. The molecule has 1 aromatic heterocycles. The Kier molecular flexibility index (Phi) is 2.37. The Morgan fingerprint density at radius 3 is 3.12 bits per heavy atom. The highest BCUT2D eigenvalue weighted by Crippen LogP contribution is 2.31. The lowest BCUT2D eigenvalue weighted by Gasteiger charge is -2.09. The number of hydrogen-bond acceptors (Lipinski definition) is 3. The zero-order valence-corrected chi connectivity index (χ0v) is 9.59. The highest BCUT2D eigenvalue weighted by molar-refractivity contribution is 6.31. The third-order valence-electron chi connectivity index (χ3n) is 2.70. The van der Waals surface area contributed by atoms with Gasteiger partial charge < -0.3 is 9.30 Å². The van der Waals surface area contributed by atoms with Crippen molar-refractivity contribution < 1.29 is 9.53 Å². The summed E-state index contributed by atoms with van der Waals surface area (Å²) in [5.74, 6) is 0.570. The van der Waals surface area contributed by atoms with Gasteiger partial charge in [0.05, 0.1) is 18.4 Å². The van der Waals surface area contributed by atoms with Gasteiger partial charge in [-0.1, -0.05) is 11.6 Å². The minimum absolute atomic E-state index is 0.0313. The molecule has 0 saturated carbocycles. The average molecular weight is 249 g/mol. The van der Waals surface area contributed by atoms with Gasteiger partial charge in [0.25, 0.3) is 0 Å². The van der Waals surface area contributed by atoms with E-state index in [4.69, 9.17) is 16.3 Å². The van der Waals surface area contributed by atoms with Crippen molar-refractivity contribution in [2.24, 2.45) is 0 Å². The van der Waals surface area contributed by atoms with Crippen molar-refractivity contribution >= 4 is 17.4 Å². The predicted octanol–water partition coefficient (Wildman–Crippen LogP) is 2.18. The van der Waals surface area contributed by atoms with E-state index in [1.54, 1.807) is 36.9 Å². The van der Waals surface area contributed by atoms with E-state index in [1.807, 2.05) is 4.57 Å². The van der Waals surface area contributed by atoms with E-state index >= 15 is 0 Å². The maximum atomic E-state index is 12.1. The number of Topliss-reactive ketones (excluding diaryl/α,β-unsaturated/α-hetero) is 1. The van der Waals surface area contributed by atoms with Crippen LogP contribution in [-0.2, 0) is 6.54 Å². The molecule has 3 rings (SSSR count). The van der Waals surface area contributed by atoms with E-state index in [2.05, 4.69) is 4.98 Å². The molecule has 0 amide bonds. The number of benzene rings is 1. The van der Waals surface area contributed by atoms with Crippen LogP contribution in [0.5, 0.6) is 5.75 Å². The number of ketones is 1. The van der Waals surface area contributed by atoms with Gasteiger partial charge in [0, 0.05) is 17.4 Å². The fourth-order valence-corrected chi connectivity index (χ4v) is 2.06. The second-order valence-electron chi connectivity index (χ2n) is 3.87. The van der Waals surface area contributed by atoms with Crippen molar-refractivity contribution in [1.82, 2.24) is 9.55 Å². The number of hydrogen-bond donors (Lipinski definition) is 0. The van der Waals surface area contributed by atoms with E-state index in [0.29, 0.717) is 22.9 Å². The highest BCUT2D eigenvalue weighted by Gasteiger charge is 2.32. The molecule has 17 heavy (non-hydrogen) atoms. The molecule has 86 valence electrons. The Morgan fingerprint density at radius 2 is 2.35 bits per heavy atom. The minimum Gasteiger partial charge on any atom is -0.480 e. The number of nitrogens with zero attached hydrogens (tertiary/aromatic N) is 2. The van der Waals surface area contributed by atoms with Crippen molar-refractivity contribution in [3.8, 4) is 5.75 Å². The normalized spacial score (nSPS) is 17.9. The van der Waals surface area contributed by atoms with E-state index in [0.717, 1.165) is 0 Å². The molecule has 0 N–H and O–H groups in total. The van der Waals surface area contributed by atoms with Crippen molar-refractivity contribution in [1.29, 1.82) is 0 Å². The van der Waals surface area contributed by atoms with Crippen LogP contribution in [0.1, 0.15) is 10.4 Å². The van der Waals surface area contributed by atoms with Gasteiger partial charge >= 0.3 is 0 Å². The molecule has 0 radical (unpaired) electrons. The molecule has 4 nitrogen and oxygen atoms in total. The molecule has 0 fully saturated rings. The number of ether oxygens (including phenoxy) is 1. The molecule has 1 unspecified atom stereocenters.